The number of rotatable bonds is 4. The first kappa shape index (κ1) is 19.4. The van der Waals surface area contributed by atoms with Crippen molar-refractivity contribution in [2.24, 2.45) is 11.3 Å². The second-order valence-corrected chi connectivity index (χ2v) is 8.78. The molecule has 1 N–H and O–H groups in total. The van der Waals surface area contributed by atoms with Crippen LogP contribution in [0, 0.1) is 11.3 Å². The number of piperidine rings is 2. The van der Waals surface area contributed by atoms with Gasteiger partial charge in [-0.2, -0.15) is 5.10 Å². The summed E-state index contributed by atoms with van der Waals surface area (Å²) >= 11 is 0. The van der Waals surface area contributed by atoms with Gasteiger partial charge in [0.1, 0.15) is 5.69 Å². The van der Waals surface area contributed by atoms with E-state index in [1.54, 1.807) is 0 Å². The van der Waals surface area contributed by atoms with Gasteiger partial charge < -0.3 is 14.9 Å². The third kappa shape index (κ3) is 4.12. The number of likely N-dealkylation sites (tertiary alicyclic amines) is 2. The molecule has 1 aromatic heterocycles. The van der Waals surface area contributed by atoms with Crippen molar-refractivity contribution < 1.29 is 9.90 Å². The molecule has 146 valence electrons. The number of carbonyl (C=O) groups is 1. The normalized spacial score (nSPS) is 23.8. The molecule has 2 fully saturated rings. The van der Waals surface area contributed by atoms with Gasteiger partial charge in [-0.15, -0.1) is 0 Å². The van der Waals surface area contributed by atoms with Crippen LogP contribution in [0.4, 0.5) is 0 Å². The van der Waals surface area contributed by atoms with Gasteiger partial charge in [0.2, 0.25) is 0 Å². The molecule has 1 amide bonds. The molecule has 0 saturated carbocycles. The predicted octanol–water partition coefficient (Wildman–Crippen LogP) is 2.02. The highest BCUT2D eigenvalue weighted by molar-refractivity contribution is 5.92. The van der Waals surface area contributed by atoms with Gasteiger partial charge >= 0.3 is 0 Å². The summed E-state index contributed by atoms with van der Waals surface area (Å²) in [7, 11) is 2.08. The van der Waals surface area contributed by atoms with E-state index in [4.69, 9.17) is 0 Å². The fraction of sp³-hybridized carbons (Fsp3) is 0.800. The largest absolute Gasteiger partial charge is 0.392 e. The summed E-state index contributed by atoms with van der Waals surface area (Å²) in [6, 6.07) is 1.98. The Kier molecular flexibility index (Phi) is 5.72. The van der Waals surface area contributed by atoms with E-state index >= 15 is 0 Å². The highest BCUT2D eigenvalue weighted by Crippen LogP contribution is 2.39. The molecule has 6 nitrogen and oxygen atoms in total. The molecule has 1 atom stereocenters. The molecule has 0 aliphatic carbocycles. The fourth-order valence-corrected chi connectivity index (χ4v) is 4.74. The molecule has 2 saturated heterocycles. The standard InChI is InChI=1S/C20H34N4O2/c1-5-24-18(11-16(21-24)10-15(2)3)19(26)23-8-6-20(7-9-23)12-17(25)13-22(4)14-20/h11,15,17,25H,5-10,12-14H2,1-4H3. The van der Waals surface area contributed by atoms with Crippen LogP contribution in [0.1, 0.15) is 56.2 Å². The van der Waals surface area contributed by atoms with E-state index in [9.17, 15) is 9.90 Å². The summed E-state index contributed by atoms with van der Waals surface area (Å²) in [6.45, 7) is 10.4. The van der Waals surface area contributed by atoms with E-state index in [0.717, 1.165) is 63.3 Å². The molecule has 1 aromatic rings. The minimum Gasteiger partial charge on any atom is -0.392 e. The van der Waals surface area contributed by atoms with Gasteiger partial charge in [-0.05, 0) is 57.1 Å². The number of aliphatic hydroxyl groups is 1. The second kappa shape index (κ2) is 7.69. The highest BCUT2D eigenvalue weighted by Gasteiger charge is 2.41. The first-order valence-corrected chi connectivity index (χ1v) is 10.0. The molecule has 3 heterocycles. The lowest BCUT2D eigenvalue weighted by Gasteiger charge is -2.48. The van der Waals surface area contributed by atoms with Crippen molar-refractivity contribution in [1.82, 2.24) is 19.6 Å². The predicted molar refractivity (Wildman–Crippen MR) is 102 cm³/mol. The Morgan fingerprint density at radius 2 is 2.08 bits per heavy atom. The van der Waals surface area contributed by atoms with Crippen molar-refractivity contribution in [3.63, 3.8) is 0 Å². The third-order valence-corrected chi connectivity index (χ3v) is 5.87. The van der Waals surface area contributed by atoms with Crippen molar-refractivity contribution in [2.45, 2.75) is 59.1 Å². The molecule has 0 radical (unpaired) electrons. The van der Waals surface area contributed by atoms with Gasteiger partial charge in [0.05, 0.1) is 11.8 Å². The van der Waals surface area contributed by atoms with Crippen LogP contribution in [0.15, 0.2) is 6.07 Å². The summed E-state index contributed by atoms with van der Waals surface area (Å²) < 4.78 is 1.85. The van der Waals surface area contributed by atoms with Gasteiger partial charge in [0.15, 0.2) is 0 Å². The van der Waals surface area contributed by atoms with Crippen LogP contribution in [0.25, 0.3) is 0 Å². The van der Waals surface area contributed by atoms with Crippen LogP contribution >= 0.6 is 0 Å². The van der Waals surface area contributed by atoms with Gasteiger partial charge in [-0.1, -0.05) is 13.8 Å². The molecule has 2 aliphatic heterocycles. The van der Waals surface area contributed by atoms with Gasteiger partial charge in [0.25, 0.3) is 5.91 Å². The summed E-state index contributed by atoms with van der Waals surface area (Å²) in [5.41, 5.74) is 1.90. The zero-order chi connectivity index (χ0) is 18.9. The number of carbonyl (C=O) groups excluding carboxylic acids is 1. The smallest absolute Gasteiger partial charge is 0.272 e. The fourth-order valence-electron chi connectivity index (χ4n) is 4.74. The van der Waals surface area contributed by atoms with Crippen molar-refractivity contribution in [2.75, 3.05) is 33.2 Å². The maximum atomic E-state index is 13.1. The number of nitrogens with zero attached hydrogens (tertiary/aromatic N) is 4. The average Bonchev–Trinajstić information content (AvgIpc) is 2.96. The maximum Gasteiger partial charge on any atom is 0.272 e. The average molecular weight is 363 g/mol. The summed E-state index contributed by atoms with van der Waals surface area (Å²) in [4.78, 5) is 17.3. The summed E-state index contributed by atoms with van der Waals surface area (Å²) in [5.74, 6) is 0.636. The minimum atomic E-state index is -0.240. The quantitative estimate of drug-likeness (QED) is 0.890. The SMILES string of the molecule is CCn1nc(CC(C)C)cc1C(=O)N1CCC2(CC1)CC(O)CN(C)C2. The van der Waals surface area contributed by atoms with Crippen LogP contribution < -0.4 is 0 Å². The molecule has 0 bridgehead atoms. The highest BCUT2D eigenvalue weighted by atomic mass is 16.3. The molecule has 2 aliphatic rings. The maximum absolute atomic E-state index is 13.1. The van der Waals surface area contributed by atoms with E-state index < -0.39 is 0 Å². The molecule has 26 heavy (non-hydrogen) atoms. The van der Waals surface area contributed by atoms with E-state index in [1.807, 2.05) is 22.6 Å². The Balaban J connectivity index is 1.68. The molecule has 1 spiro atoms. The first-order valence-electron chi connectivity index (χ1n) is 10.0. The lowest BCUT2D eigenvalue weighted by atomic mass is 9.71. The Bertz CT molecular complexity index is 620. The van der Waals surface area contributed by atoms with Crippen molar-refractivity contribution in [3.05, 3.63) is 17.5 Å². The number of aliphatic hydroxyl groups excluding tert-OH is 1. The van der Waals surface area contributed by atoms with E-state index in [1.165, 1.54) is 0 Å². The van der Waals surface area contributed by atoms with Gasteiger partial charge in [-0.3, -0.25) is 9.48 Å². The molecular formula is C20H34N4O2. The molecule has 1 unspecified atom stereocenters. The monoisotopic (exact) mass is 362 g/mol. The van der Waals surface area contributed by atoms with Crippen LogP contribution in [0.3, 0.4) is 0 Å². The Morgan fingerprint density at radius 3 is 2.65 bits per heavy atom. The zero-order valence-electron chi connectivity index (χ0n) is 16.7. The van der Waals surface area contributed by atoms with Crippen molar-refractivity contribution in [3.8, 4) is 0 Å². The zero-order valence-corrected chi connectivity index (χ0v) is 16.7. The number of β-amino-alcohol motifs (C(OH)–C–C–N with tert-alkyl or cyclic N) is 1. The Hall–Kier alpha value is -1.40. The number of aromatic nitrogens is 2. The van der Waals surface area contributed by atoms with E-state index in [0.29, 0.717) is 12.5 Å². The Morgan fingerprint density at radius 1 is 1.38 bits per heavy atom. The van der Waals surface area contributed by atoms with Crippen molar-refractivity contribution >= 4 is 5.91 Å². The minimum absolute atomic E-state index is 0.105. The lowest BCUT2D eigenvalue weighted by Crippen LogP contribution is -2.53. The number of hydrogen-bond donors (Lipinski definition) is 1. The number of amides is 1. The molecule has 6 heteroatoms. The van der Waals surface area contributed by atoms with Gasteiger partial charge in [0, 0.05) is 32.7 Å². The van der Waals surface area contributed by atoms with E-state index in [-0.39, 0.29) is 17.4 Å². The summed E-state index contributed by atoms with van der Waals surface area (Å²) in [6.07, 6.45) is 3.47. The number of aryl methyl sites for hydroxylation is 1. The molecule has 3 rings (SSSR count). The van der Waals surface area contributed by atoms with Crippen LogP contribution in [0.2, 0.25) is 0 Å². The van der Waals surface area contributed by atoms with E-state index in [2.05, 4.69) is 30.9 Å². The molecular weight excluding hydrogens is 328 g/mol. The topological polar surface area (TPSA) is 61.6 Å². The van der Waals surface area contributed by atoms with Crippen LogP contribution in [0.5, 0.6) is 0 Å². The first-order chi connectivity index (χ1) is 12.3. The van der Waals surface area contributed by atoms with Gasteiger partial charge in [-0.25, -0.2) is 0 Å². The number of hydrogen-bond acceptors (Lipinski definition) is 4. The van der Waals surface area contributed by atoms with Crippen molar-refractivity contribution in [1.29, 1.82) is 0 Å². The second-order valence-electron chi connectivity index (χ2n) is 8.78. The lowest BCUT2D eigenvalue weighted by molar-refractivity contribution is -0.0288. The van der Waals surface area contributed by atoms with Crippen LogP contribution in [-0.4, -0.2) is 69.9 Å². The van der Waals surface area contributed by atoms with Crippen LogP contribution in [-0.2, 0) is 13.0 Å². The molecule has 0 aromatic carbocycles. The Labute approximate surface area is 157 Å². The summed E-state index contributed by atoms with van der Waals surface area (Å²) in [5, 5.41) is 14.8. The third-order valence-electron chi connectivity index (χ3n) is 5.87. The number of likely N-dealkylation sites (N-methyl/N-ethyl adjacent to an activating group) is 1.